The molecule has 0 N–H and O–H groups in total. The summed E-state index contributed by atoms with van der Waals surface area (Å²) in [6.45, 7) is 31.3. The third-order valence-electron chi connectivity index (χ3n) is 8.70. The summed E-state index contributed by atoms with van der Waals surface area (Å²) in [6.07, 6.45) is 10.9. The number of aromatic nitrogens is 3. The Bertz CT molecular complexity index is 1170. The zero-order valence-electron chi connectivity index (χ0n) is 35.2. The Morgan fingerprint density at radius 1 is 0.481 bits per heavy atom. The van der Waals surface area contributed by atoms with Crippen molar-refractivity contribution in [1.29, 1.82) is 0 Å². The van der Waals surface area contributed by atoms with Crippen LogP contribution in [0.2, 0.25) is 0 Å². The van der Waals surface area contributed by atoms with Crippen LogP contribution in [0.4, 0.5) is 17.8 Å². The molecule has 0 amide bonds. The van der Waals surface area contributed by atoms with Gasteiger partial charge in [-0.15, -0.1) is 0 Å². The van der Waals surface area contributed by atoms with Crippen molar-refractivity contribution in [1.82, 2.24) is 15.0 Å². The van der Waals surface area contributed by atoms with Gasteiger partial charge in [0.2, 0.25) is 17.8 Å². The molecule has 0 aliphatic carbocycles. The summed E-state index contributed by atoms with van der Waals surface area (Å²) in [5, 5.41) is 0. The molecule has 0 aliphatic heterocycles. The first-order valence-corrected chi connectivity index (χ1v) is 20.2. The van der Waals surface area contributed by atoms with E-state index in [9.17, 15) is 14.4 Å². The Morgan fingerprint density at radius 3 is 0.926 bits per heavy atom. The van der Waals surface area contributed by atoms with Gasteiger partial charge in [0.25, 0.3) is 0 Å². The van der Waals surface area contributed by atoms with Gasteiger partial charge in [0.05, 0.1) is 19.6 Å². The van der Waals surface area contributed by atoms with Crippen molar-refractivity contribution in [2.75, 3.05) is 54.0 Å². The molecule has 0 fully saturated rings. The fourth-order valence-corrected chi connectivity index (χ4v) is 5.67. The van der Waals surface area contributed by atoms with E-state index in [0.717, 1.165) is 77.0 Å². The number of unbranched alkanes of at least 4 members (excludes halogenated alkanes) is 9. The van der Waals surface area contributed by atoms with Crippen molar-refractivity contribution in [3.63, 3.8) is 0 Å². The van der Waals surface area contributed by atoms with Crippen molar-refractivity contribution in [2.24, 2.45) is 0 Å². The fourth-order valence-electron chi connectivity index (χ4n) is 5.67. The number of carbonyl (C=O) groups excluding carboxylic acids is 3. The van der Waals surface area contributed by atoms with Crippen LogP contribution in [-0.4, -0.2) is 90.4 Å². The zero-order chi connectivity index (χ0) is 40.6. The van der Waals surface area contributed by atoms with E-state index in [1.165, 1.54) is 0 Å². The molecule has 1 rings (SSSR count). The average molecular weight is 757 g/mol. The SMILES string of the molecule is C=C(C)C(=O)OC(C)CN(CCCCCC)c1nc(N(CCCCCC)CC(C)OC(=O)C(=C)C)nc(N(CCCCCC)CC(C)OC(=O)C(=C)C)n1. The van der Waals surface area contributed by atoms with Crippen LogP contribution in [0.25, 0.3) is 0 Å². The normalized spacial score (nSPS) is 12.6. The minimum Gasteiger partial charge on any atom is -0.457 e. The summed E-state index contributed by atoms with van der Waals surface area (Å²) in [5.74, 6) is 0.0377. The number of rotatable bonds is 30. The molecule has 1 aromatic rings. The van der Waals surface area contributed by atoms with Gasteiger partial charge in [0, 0.05) is 36.4 Å². The lowest BCUT2D eigenvalue weighted by Gasteiger charge is -2.32. The lowest BCUT2D eigenvalue weighted by atomic mass is 10.2. The van der Waals surface area contributed by atoms with Crippen LogP contribution in [0.5, 0.6) is 0 Å². The third kappa shape index (κ3) is 19.4. The minimum atomic E-state index is -0.470. The zero-order valence-corrected chi connectivity index (χ0v) is 35.2. The molecule has 0 aromatic carbocycles. The highest BCUT2D eigenvalue weighted by Gasteiger charge is 2.26. The van der Waals surface area contributed by atoms with Gasteiger partial charge in [0.15, 0.2) is 0 Å². The Morgan fingerprint density at radius 2 is 0.722 bits per heavy atom. The van der Waals surface area contributed by atoms with Crippen LogP contribution < -0.4 is 14.7 Å². The van der Waals surface area contributed by atoms with E-state index in [-0.39, 0.29) is 0 Å². The molecule has 1 heterocycles. The first-order valence-electron chi connectivity index (χ1n) is 20.2. The van der Waals surface area contributed by atoms with Gasteiger partial charge in [-0.1, -0.05) is 98.3 Å². The van der Waals surface area contributed by atoms with Gasteiger partial charge in [-0.25, -0.2) is 14.4 Å². The number of esters is 3. The summed E-state index contributed by atoms with van der Waals surface area (Å²) < 4.78 is 17.2. The molecule has 12 heteroatoms. The summed E-state index contributed by atoms with van der Waals surface area (Å²) >= 11 is 0. The smallest absolute Gasteiger partial charge is 0.333 e. The van der Waals surface area contributed by atoms with E-state index in [1.54, 1.807) is 20.8 Å². The monoisotopic (exact) mass is 757 g/mol. The van der Waals surface area contributed by atoms with Crippen LogP contribution in [0.15, 0.2) is 36.5 Å². The molecule has 1 aromatic heterocycles. The van der Waals surface area contributed by atoms with Gasteiger partial charge in [-0.3, -0.25) is 0 Å². The Hall–Kier alpha value is -3.96. The third-order valence-corrected chi connectivity index (χ3v) is 8.70. The minimum absolute atomic E-state index is 0.335. The van der Waals surface area contributed by atoms with Gasteiger partial charge < -0.3 is 28.9 Å². The van der Waals surface area contributed by atoms with Crippen molar-refractivity contribution in [3.05, 3.63) is 36.5 Å². The quantitative estimate of drug-likeness (QED) is 0.0323. The van der Waals surface area contributed by atoms with Crippen LogP contribution in [0.1, 0.15) is 139 Å². The maximum atomic E-state index is 12.5. The highest BCUT2D eigenvalue weighted by atomic mass is 16.6. The van der Waals surface area contributed by atoms with Crippen LogP contribution in [-0.2, 0) is 28.6 Å². The molecular formula is C42H72N6O6. The second kappa shape index (κ2) is 26.8. The highest BCUT2D eigenvalue weighted by Crippen LogP contribution is 2.24. The molecule has 0 saturated carbocycles. The molecule has 54 heavy (non-hydrogen) atoms. The summed E-state index contributed by atoms with van der Waals surface area (Å²) in [7, 11) is 0. The van der Waals surface area contributed by atoms with Crippen molar-refractivity contribution in [3.8, 4) is 0 Å². The highest BCUT2D eigenvalue weighted by molar-refractivity contribution is 5.87. The fraction of sp³-hybridized carbons (Fsp3) is 0.714. The number of ether oxygens (including phenoxy) is 3. The van der Waals surface area contributed by atoms with Gasteiger partial charge in [0.1, 0.15) is 18.3 Å². The molecule has 3 unspecified atom stereocenters. The van der Waals surface area contributed by atoms with Crippen molar-refractivity contribution >= 4 is 35.8 Å². The van der Waals surface area contributed by atoms with Gasteiger partial charge >= 0.3 is 17.9 Å². The maximum absolute atomic E-state index is 12.5. The Labute approximate surface area is 326 Å². The molecule has 306 valence electrons. The first kappa shape index (κ1) is 48.1. The first-order chi connectivity index (χ1) is 25.6. The predicted molar refractivity (Wildman–Crippen MR) is 220 cm³/mol. The second-order valence-corrected chi connectivity index (χ2v) is 14.7. The summed E-state index contributed by atoms with van der Waals surface area (Å²) in [4.78, 5) is 59.1. The predicted octanol–water partition coefficient (Wildman–Crippen LogP) is 8.56. The van der Waals surface area contributed by atoms with Crippen molar-refractivity contribution < 1.29 is 28.6 Å². The Balaban J connectivity index is 3.91. The average Bonchev–Trinajstić information content (AvgIpc) is 3.11. The van der Waals surface area contributed by atoms with Gasteiger partial charge in [-0.2, -0.15) is 15.0 Å². The number of carbonyl (C=O) groups is 3. The van der Waals surface area contributed by atoms with E-state index in [1.807, 2.05) is 20.8 Å². The molecular weight excluding hydrogens is 684 g/mol. The largest absolute Gasteiger partial charge is 0.457 e. The van der Waals surface area contributed by atoms with Crippen LogP contribution in [0, 0.1) is 0 Å². The Kier molecular flexibility index (Phi) is 23.8. The standard InChI is InChI=1S/C42H72N6O6/c1-13-16-19-22-25-46(28-34(10)52-37(49)31(4)5)40-43-41(47(26-23-20-17-14-2)29-35(11)53-38(50)32(6)7)45-42(44-40)48(27-24-21-18-15-3)30-36(12)54-39(51)33(8)9/h34-36H,4,6,8,13-30H2,1-3,5,7,9-12H3. The lowest BCUT2D eigenvalue weighted by Crippen LogP contribution is -2.40. The number of hydrogen-bond donors (Lipinski definition) is 0. The van der Waals surface area contributed by atoms with Crippen LogP contribution >= 0.6 is 0 Å². The molecule has 3 atom stereocenters. The van der Waals surface area contributed by atoms with Gasteiger partial charge in [-0.05, 0) is 60.8 Å². The van der Waals surface area contributed by atoms with E-state index in [2.05, 4.69) is 55.2 Å². The molecule has 0 aliphatic rings. The van der Waals surface area contributed by atoms with Crippen LogP contribution in [0.3, 0.4) is 0 Å². The number of nitrogens with zero attached hydrogens (tertiary/aromatic N) is 6. The molecule has 12 nitrogen and oxygen atoms in total. The second-order valence-electron chi connectivity index (χ2n) is 14.7. The molecule has 0 spiro atoms. The van der Waals surface area contributed by atoms with E-state index in [0.29, 0.717) is 73.8 Å². The summed E-state index contributed by atoms with van der Waals surface area (Å²) in [6, 6.07) is 0. The van der Waals surface area contributed by atoms with E-state index < -0.39 is 36.2 Å². The lowest BCUT2D eigenvalue weighted by molar-refractivity contribution is -0.143. The maximum Gasteiger partial charge on any atom is 0.333 e. The van der Waals surface area contributed by atoms with E-state index in [4.69, 9.17) is 29.2 Å². The molecule has 0 saturated heterocycles. The number of hydrogen-bond acceptors (Lipinski definition) is 12. The topological polar surface area (TPSA) is 127 Å². The van der Waals surface area contributed by atoms with Crippen molar-refractivity contribution in [2.45, 2.75) is 158 Å². The number of anilines is 3. The molecule has 0 bridgehead atoms. The molecule has 0 radical (unpaired) electrons. The summed E-state index contributed by atoms with van der Waals surface area (Å²) in [5.41, 5.74) is 1.00. The van der Waals surface area contributed by atoms with E-state index >= 15 is 0 Å².